The van der Waals surface area contributed by atoms with E-state index in [1.807, 2.05) is 12.1 Å². The number of aryl methyl sites for hydroxylation is 1. The Morgan fingerprint density at radius 1 is 1.00 bits per heavy atom. The fraction of sp³-hybridized carbons (Fsp3) is 0.471. The van der Waals surface area contributed by atoms with E-state index in [-0.39, 0.29) is 11.8 Å². The van der Waals surface area contributed by atoms with Gasteiger partial charge < -0.3 is 4.90 Å². The molecule has 1 aromatic carbocycles. The largest absolute Gasteiger partial charge is 0.302 e. The second-order valence-corrected chi connectivity index (χ2v) is 5.96. The van der Waals surface area contributed by atoms with Gasteiger partial charge in [-0.2, -0.15) is 0 Å². The number of hydrogen-bond donors (Lipinski definition) is 1. The highest BCUT2D eigenvalue weighted by atomic mass is 16.2. The summed E-state index contributed by atoms with van der Waals surface area (Å²) < 4.78 is 0. The molecule has 2 aliphatic rings. The van der Waals surface area contributed by atoms with Gasteiger partial charge in [0.05, 0.1) is 11.1 Å². The molecule has 2 heterocycles. The maximum atomic E-state index is 11.8. The SMILES string of the molecule is O=C1CCN(CCCCc2cccc3c2C(=O)NC3=O)CC1. The van der Waals surface area contributed by atoms with Crippen LogP contribution in [0.3, 0.4) is 0 Å². The van der Waals surface area contributed by atoms with Gasteiger partial charge >= 0.3 is 0 Å². The topological polar surface area (TPSA) is 66.5 Å². The van der Waals surface area contributed by atoms with Crippen LogP contribution in [-0.4, -0.2) is 42.1 Å². The summed E-state index contributed by atoms with van der Waals surface area (Å²) in [6, 6.07) is 5.46. The summed E-state index contributed by atoms with van der Waals surface area (Å²) >= 11 is 0. The van der Waals surface area contributed by atoms with Gasteiger partial charge in [-0.15, -0.1) is 0 Å². The van der Waals surface area contributed by atoms with Crippen LogP contribution in [0.4, 0.5) is 0 Å². The number of carbonyl (C=O) groups excluding carboxylic acids is 3. The average Bonchev–Trinajstić information content (AvgIpc) is 2.81. The lowest BCUT2D eigenvalue weighted by atomic mass is 9.98. The van der Waals surface area contributed by atoms with E-state index >= 15 is 0 Å². The summed E-state index contributed by atoms with van der Waals surface area (Å²) in [5.41, 5.74) is 2.00. The Balaban J connectivity index is 1.52. The number of ketones is 1. The van der Waals surface area contributed by atoms with Gasteiger partial charge in [-0.3, -0.25) is 19.7 Å². The van der Waals surface area contributed by atoms with Crippen LogP contribution < -0.4 is 5.32 Å². The van der Waals surface area contributed by atoms with Crippen molar-refractivity contribution < 1.29 is 14.4 Å². The lowest BCUT2D eigenvalue weighted by Gasteiger charge is -2.25. The molecule has 0 unspecified atom stereocenters. The maximum absolute atomic E-state index is 11.8. The molecular formula is C17H20N2O3. The summed E-state index contributed by atoms with van der Waals surface area (Å²) in [7, 11) is 0. The highest BCUT2D eigenvalue weighted by Gasteiger charge is 2.28. The number of carbonyl (C=O) groups is 3. The number of Topliss-reactive ketones (excluding diaryl/α,β-unsaturated/α-hetero) is 1. The lowest BCUT2D eigenvalue weighted by Crippen LogP contribution is -2.34. The van der Waals surface area contributed by atoms with Gasteiger partial charge in [0, 0.05) is 25.9 Å². The number of rotatable bonds is 5. The summed E-state index contributed by atoms with van der Waals surface area (Å²) in [6.07, 6.45) is 4.16. The highest BCUT2D eigenvalue weighted by molar-refractivity contribution is 6.22. The third-order valence-corrected chi connectivity index (χ3v) is 4.43. The summed E-state index contributed by atoms with van der Waals surface area (Å²) in [5, 5.41) is 2.35. The number of benzene rings is 1. The minimum atomic E-state index is -0.292. The van der Waals surface area contributed by atoms with Crippen molar-refractivity contribution in [2.45, 2.75) is 32.1 Å². The van der Waals surface area contributed by atoms with E-state index < -0.39 is 0 Å². The molecule has 0 saturated carbocycles. The Hall–Kier alpha value is -2.01. The number of nitrogens with one attached hydrogen (secondary N) is 1. The van der Waals surface area contributed by atoms with Crippen molar-refractivity contribution in [2.75, 3.05) is 19.6 Å². The van der Waals surface area contributed by atoms with Gasteiger partial charge in [0.2, 0.25) is 0 Å². The Bertz CT molecular complexity index is 614. The van der Waals surface area contributed by atoms with Crippen LogP contribution in [0.5, 0.6) is 0 Å². The number of likely N-dealkylation sites (tertiary alicyclic amines) is 1. The van der Waals surface area contributed by atoms with Crippen LogP contribution in [0, 0.1) is 0 Å². The van der Waals surface area contributed by atoms with Gasteiger partial charge in [-0.05, 0) is 37.4 Å². The monoisotopic (exact) mass is 300 g/mol. The third kappa shape index (κ3) is 3.09. The molecule has 0 aliphatic carbocycles. The fourth-order valence-electron chi connectivity index (χ4n) is 3.18. The predicted molar refractivity (Wildman–Crippen MR) is 81.9 cm³/mol. The molecule has 5 nitrogen and oxygen atoms in total. The Morgan fingerprint density at radius 3 is 2.55 bits per heavy atom. The Kier molecular flexibility index (Phi) is 4.34. The maximum Gasteiger partial charge on any atom is 0.259 e. The fourth-order valence-corrected chi connectivity index (χ4v) is 3.18. The van der Waals surface area contributed by atoms with Crippen LogP contribution in [0.25, 0.3) is 0 Å². The van der Waals surface area contributed by atoms with Crippen LogP contribution in [0.1, 0.15) is 52.0 Å². The first-order valence-electron chi connectivity index (χ1n) is 7.87. The Morgan fingerprint density at radius 2 is 1.77 bits per heavy atom. The molecule has 1 N–H and O–H groups in total. The minimum absolute atomic E-state index is 0.273. The molecule has 0 aromatic heterocycles. The zero-order chi connectivity index (χ0) is 15.5. The lowest BCUT2D eigenvalue weighted by molar-refractivity contribution is -0.121. The van der Waals surface area contributed by atoms with E-state index in [9.17, 15) is 14.4 Å². The predicted octanol–water partition coefficient (Wildman–Crippen LogP) is 1.56. The third-order valence-electron chi connectivity index (χ3n) is 4.43. The zero-order valence-electron chi connectivity index (χ0n) is 12.6. The molecule has 1 aromatic rings. The van der Waals surface area contributed by atoms with Crippen molar-refractivity contribution in [1.82, 2.24) is 10.2 Å². The normalized spacial score (nSPS) is 18.5. The molecule has 2 aliphatic heterocycles. The van der Waals surface area contributed by atoms with Crippen LogP contribution in [-0.2, 0) is 11.2 Å². The summed E-state index contributed by atoms with van der Waals surface area (Å²) in [6.45, 7) is 2.74. The second kappa shape index (κ2) is 6.40. The first kappa shape index (κ1) is 14.9. The van der Waals surface area contributed by atoms with Crippen molar-refractivity contribution in [3.05, 3.63) is 34.9 Å². The van der Waals surface area contributed by atoms with E-state index in [4.69, 9.17) is 0 Å². The summed E-state index contributed by atoms with van der Waals surface area (Å²) in [5.74, 6) is -0.197. The first-order chi connectivity index (χ1) is 10.6. The molecule has 0 atom stereocenters. The number of piperidine rings is 1. The molecule has 0 bridgehead atoms. The molecule has 116 valence electrons. The van der Waals surface area contributed by atoms with E-state index in [1.54, 1.807) is 6.07 Å². The first-order valence-corrected chi connectivity index (χ1v) is 7.87. The summed E-state index contributed by atoms with van der Waals surface area (Å²) in [4.78, 5) is 37.0. The average molecular weight is 300 g/mol. The number of unbranched alkanes of at least 4 members (excludes halogenated alkanes) is 1. The van der Waals surface area contributed by atoms with Crippen LogP contribution in [0.2, 0.25) is 0 Å². The van der Waals surface area contributed by atoms with E-state index in [1.165, 1.54) is 0 Å². The molecule has 3 rings (SSSR count). The molecule has 0 spiro atoms. The van der Waals surface area contributed by atoms with Crippen molar-refractivity contribution >= 4 is 17.6 Å². The Labute approximate surface area is 129 Å². The molecule has 1 fully saturated rings. The molecular weight excluding hydrogens is 280 g/mol. The van der Waals surface area contributed by atoms with Gasteiger partial charge in [0.15, 0.2) is 0 Å². The van der Waals surface area contributed by atoms with Crippen molar-refractivity contribution in [1.29, 1.82) is 0 Å². The second-order valence-electron chi connectivity index (χ2n) is 5.96. The zero-order valence-corrected chi connectivity index (χ0v) is 12.6. The molecule has 22 heavy (non-hydrogen) atoms. The molecule has 0 radical (unpaired) electrons. The number of fused-ring (bicyclic) bond motifs is 1. The van der Waals surface area contributed by atoms with Crippen LogP contribution >= 0.6 is 0 Å². The molecule has 1 saturated heterocycles. The van der Waals surface area contributed by atoms with Gasteiger partial charge in [-0.25, -0.2) is 0 Å². The smallest absolute Gasteiger partial charge is 0.259 e. The number of amides is 2. The van der Waals surface area contributed by atoms with Gasteiger partial charge in [0.25, 0.3) is 11.8 Å². The van der Waals surface area contributed by atoms with E-state index in [0.29, 0.717) is 29.8 Å². The van der Waals surface area contributed by atoms with Crippen molar-refractivity contribution in [2.24, 2.45) is 0 Å². The van der Waals surface area contributed by atoms with E-state index in [2.05, 4.69) is 10.2 Å². The van der Waals surface area contributed by atoms with Crippen LogP contribution in [0.15, 0.2) is 18.2 Å². The number of nitrogens with zero attached hydrogens (tertiary/aromatic N) is 1. The van der Waals surface area contributed by atoms with Gasteiger partial charge in [-0.1, -0.05) is 12.1 Å². The van der Waals surface area contributed by atoms with Gasteiger partial charge in [0.1, 0.15) is 5.78 Å². The minimum Gasteiger partial charge on any atom is -0.302 e. The van der Waals surface area contributed by atoms with E-state index in [0.717, 1.165) is 44.5 Å². The molecule has 5 heteroatoms. The number of imide groups is 1. The van der Waals surface area contributed by atoms with Crippen molar-refractivity contribution in [3.63, 3.8) is 0 Å². The standard InChI is InChI=1S/C17H20N2O3/c20-13-7-10-19(11-8-13)9-2-1-4-12-5-3-6-14-15(12)17(22)18-16(14)21/h3,5-6H,1-2,4,7-11H2,(H,18,21,22). The quantitative estimate of drug-likeness (QED) is 0.662. The van der Waals surface area contributed by atoms with Crippen molar-refractivity contribution in [3.8, 4) is 0 Å². The highest BCUT2D eigenvalue weighted by Crippen LogP contribution is 2.21. The number of hydrogen-bond acceptors (Lipinski definition) is 4. The molecule has 2 amide bonds.